The lowest BCUT2D eigenvalue weighted by molar-refractivity contribution is 0.0109. The number of unbranched alkanes of at least 4 members (excludes halogenated alkanes) is 1. The molecule has 3 rings (SSSR count). The second-order valence-electron chi connectivity index (χ2n) is 5.09. The maximum Gasteiger partial charge on any atom is 0.410 e. The van der Waals surface area contributed by atoms with Gasteiger partial charge in [-0.15, -0.1) is 0 Å². The van der Waals surface area contributed by atoms with Crippen molar-refractivity contribution in [2.45, 2.75) is 25.9 Å². The zero-order valence-electron chi connectivity index (χ0n) is 11.9. The molecule has 1 aromatic heterocycles. The number of amides is 1. The third kappa shape index (κ3) is 3.09. The first kappa shape index (κ1) is 13.7. The average Bonchev–Trinajstić information content (AvgIpc) is 2.90. The average molecular weight is 290 g/mol. The fourth-order valence-electron chi connectivity index (χ4n) is 2.16. The Morgan fingerprint density at radius 1 is 1.48 bits per heavy atom. The number of carbonyl (C=O) groups excluding carboxylic acids is 1. The topological polar surface area (TPSA) is 64.8 Å². The number of oxazole rings is 1. The van der Waals surface area contributed by atoms with Crippen LogP contribution in [0.1, 0.15) is 19.8 Å². The number of rotatable bonds is 5. The van der Waals surface area contributed by atoms with Gasteiger partial charge < -0.3 is 18.8 Å². The Balaban J connectivity index is 1.47. The van der Waals surface area contributed by atoms with E-state index in [-0.39, 0.29) is 12.2 Å². The first-order valence-electron chi connectivity index (χ1n) is 7.18. The zero-order valence-corrected chi connectivity index (χ0v) is 11.9. The molecule has 1 fully saturated rings. The van der Waals surface area contributed by atoms with Gasteiger partial charge >= 0.3 is 6.09 Å². The molecule has 0 saturated carbocycles. The molecular weight excluding hydrogens is 272 g/mol. The molecule has 6 nitrogen and oxygen atoms in total. The third-order valence-electron chi connectivity index (χ3n) is 3.43. The lowest BCUT2D eigenvalue weighted by Gasteiger charge is -2.37. The Morgan fingerprint density at radius 2 is 2.33 bits per heavy atom. The molecule has 0 spiro atoms. The van der Waals surface area contributed by atoms with Gasteiger partial charge in [0, 0.05) is 6.07 Å². The van der Waals surface area contributed by atoms with Gasteiger partial charge in [0.15, 0.2) is 12.0 Å². The van der Waals surface area contributed by atoms with Crippen LogP contribution in [0, 0.1) is 0 Å². The van der Waals surface area contributed by atoms with Crippen molar-refractivity contribution in [1.82, 2.24) is 9.88 Å². The number of aromatic nitrogens is 1. The molecule has 0 aliphatic carbocycles. The van der Waals surface area contributed by atoms with E-state index in [0.717, 1.165) is 29.7 Å². The summed E-state index contributed by atoms with van der Waals surface area (Å²) in [5.74, 6) is 0.736. The van der Waals surface area contributed by atoms with Crippen LogP contribution in [0.3, 0.4) is 0 Å². The quantitative estimate of drug-likeness (QED) is 0.792. The highest BCUT2D eigenvalue weighted by molar-refractivity contribution is 5.73. The second kappa shape index (κ2) is 6.03. The lowest BCUT2D eigenvalue weighted by Crippen LogP contribution is -2.56. The molecule has 1 aliphatic heterocycles. The highest BCUT2D eigenvalue weighted by Gasteiger charge is 2.33. The smallest absolute Gasteiger partial charge is 0.410 e. The molecule has 1 aromatic carbocycles. The predicted molar refractivity (Wildman–Crippen MR) is 76.3 cm³/mol. The molecule has 1 amide bonds. The third-order valence-corrected chi connectivity index (χ3v) is 3.43. The van der Waals surface area contributed by atoms with Gasteiger partial charge in [0.2, 0.25) is 0 Å². The van der Waals surface area contributed by atoms with Crippen LogP contribution in [0.25, 0.3) is 11.1 Å². The Hall–Kier alpha value is -2.24. The predicted octanol–water partition coefficient (Wildman–Crippen LogP) is 2.83. The molecule has 112 valence electrons. The summed E-state index contributed by atoms with van der Waals surface area (Å²) in [6.07, 6.45) is 3.08. The largest absolute Gasteiger partial charge is 0.487 e. The number of ether oxygens (including phenoxy) is 2. The minimum Gasteiger partial charge on any atom is -0.487 e. The Morgan fingerprint density at radius 3 is 3.14 bits per heavy atom. The maximum absolute atomic E-state index is 11.7. The number of fused-ring (bicyclic) bond motifs is 1. The highest BCUT2D eigenvalue weighted by Crippen LogP contribution is 2.23. The normalized spacial score (nSPS) is 15.0. The Labute approximate surface area is 122 Å². The van der Waals surface area contributed by atoms with Crippen molar-refractivity contribution in [2.75, 3.05) is 19.7 Å². The van der Waals surface area contributed by atoms with E-state index in [2.05, 4.69) is 11.9 Å². The number of likely N-dealkylation sites (tertiary alicyclic amines) is 1. The summed E-state index contributed by atoms with van der Waals surface area (Å²) in [6, 6.07) is 5.50. The molecule has 0 bridgehead atoms. The van der Waals surface area contributed by atoms with Gasteiger partial charge in [-0.3, -0.25) is 0 Å². The van der Waals surface area contributed by atoms with Crippen LogP contribution in [-0.4, -0.2) is 41.8 Å². The van der Waals surface area contributed by atoms with Crippen LogP contribution in [0.5, 0.6) is 5.75 Å². The van der Waals surface area contributed by atoms with Gasteiger partial charge in [-0.05, 0) is 18.6 Å². The molecule has 0 unspecified atom stereocenters. The number of benzene rings is 1. The molecule has 1 aliphatic rings. The van der Waals surface area contributed by atoms with Crippen molar-refractivity contribution >= 4 is 17.2 Å². The van der Waals surface area contributed by atoms with E-state index in [4.69, 9.17) is 13.9 Å². The van der Waals surface area contributed by atoms with Gasteiger partial charge in [0.05, 0.1) is 19.7 Å². The van der Waals surface area contributed by atoms with Gasteiger partial charge in [-0.1, -0.05) is 13.3 Å². The fraction of sp³-hybridized carbons (Fsp3) is 0.467. The summed E-state index contributed by atoms with van der Waals surface area (Å²) in [6.45, 7) is 3.66. The first-order chi connectivity index (χ1) is 10.3. The molecule has 2 aromatic rings. The lowest BCUT2D eigenvalue weighted by atomic mass is 10.2. The minimum atomic E-state index is -0.254. The molecule has 21 heavy (non-hydrogen) atoms. The van der Waals surface area contributed by atoms with Crippen LogP contribution < -0.4 is 4.74 Å². The highest BCUT2D eigenvalue weighted by atomic mass is 16.6. The van der Waals surface area contributed by atoms with E-state index >= 15 is 0 Å². The van der Waals surface area contributed by atoms with Crippen LogP contribution in [0.2, 0.25) is 0 Å². The van der Waals surface area contributed by atoms with E-state index in [9.17, 15) is 4.79 Å². The standard InChI is InChI=1S/C15H18N2O4/c1-2-3-6-19-15(18)17-8-12(9-17)21-11-4-5-14-13(7-11)16-10-20-14/h4-5,7,10,12H,2-3,6,8-9H2,1H3. The Bertz CT molecular complexity index is 619. The van der Waals surface area contributed by atoms with Crippen molar-refractivity contribution in [2.24, 2.45) is 0 Å². The maximum atomic E-state index is 11.7. The summed E-state index contributed by atoms with van der Waals surface area (Å²) in [5.41, 5.74) is 1.50. The molecular formula is C15H18N2O4. The van der Waals surface area contributed by atoms with Crippen molar-refractivity contribution in [3.8, 4) is 5.75 Å². The summed E-state index contributed by atoms with van der Waals surface area (Å²) < 4.78 is 16.1. The SMILES string of the molecule is CCCCOC(=O)N1CC(Oc2ccc3ocnc3c2)C1. The van der Waals surface area contributed by atoms with Crippen LogP contribution in [0.15, 0.2) is 29.0 Å². The van der Waals surface area contributed by atoms with Gasteiger partial charge in [-0.25, -0.2) is 9.78 Å². The monoisotopic (exact) mass is 290 g/mol. The number of carbonyl (C=O) groups is 1. The number of hydrogen-bond acceptors (Lipinski definition) is 5. The molecule has 0 atom stereocenters. The number of hydrogen-bond donors (Lipinski definition) is 0. The van der Waals surface area contributed by atoms with E-state index in [1.54, 1.807) is 4.90 Å². The van der Waals surface area contributed by atoms with Crippen LogP contribution >= 0.6 is 0 Å². The second-order valence-corrected chi connectivity index (χ2v) is 5.09. The molecule has 6 heteroatoms. The van der Waals surface area contributed by atoms with Gasteiger partial charge in [0.25, 0.3) is 0 Å². The van der Waals surface area contributed by atoms with Crippen LogP contribution in [-0.2, 0) is 4.74 Å². The van der Waals surface area contributed by atoms with Crippen LogP contribution in [0.4, 0.5) is 4.79 Å². The zero-order chi connectivity index (χ0) is 14.7. The summed E-state index contributed by atoms with van der Waals surface area (Å²) in [7, 11) is 0. The van der Waals surface area contributed by atoms with Crippen molar-refractivity contribution in [1.29, 1.82) is 0 Å². The summed E-state index contributed by atoms with van der Waals surface area (Å²) in [5, 5.41) is 0. The van der Waals surface area contributed by atoms with Gasteiger partial charge in [0.1, 0.15) is 17.4 Å². The van der Waals surface area contributed by atoms with Crippen molar-refractivity contribution in [3.05, 3.63) is 24.6 Å². The van der Waals surface area contributed by atoms with E-state index in [0.29, 0.717) is 19.7 Å². The molecule has 1 saturated heterocycles. The molecule has 0 N–H and O–H groups in total. The molecule has 0 radical (unpaired) electrons. The van der Waals surface area contributed by atoms with E-state index in [1.807, 2.05) is 18.2 Å². The summed E-state index contributed by atoms with van der Waals surface area (Å²) in [4.78, 5) is 17.4. The fourth-order valence-corrected chi connectivity index (χ4v) is 2.16. The number of nitrogens with zero attached hydrogens (tertiary/aromatic N) is 2. The van der Waals surface area contributed by atoms with E-state index in [1.165, 1.54) is 6.39 Å². The van der Waals surface area contributed by atoms with Gasteiger partial charge in [-0.2, -0.15) is 0 Å². The summed E-state index contributed by atoms with van der Waals surface area (Å²) >= 11 is 0. The van der Waals surface area contributed by atoms with E-state index < -0.39 is 0 Å². The Kier molecular flexibility index (Phi) is 3.94. The molecule has 2 heterocycles. The first-order valence-corrected chi connectivity index (χ1v) is 7.18. The van der Waals surface area contributed by atoms with Crippen molar-refractivity contribution < 1.29 is 18.7 Å². The minimum absolute atomic E-state index is 0.00748. The van der Waals surface area contributed by atoms with Crippen molar-refractivity contribution in [3.63, 3.8) is 0 Å².